The van der Waals surface area contributed by atoms with Crippen LogP contribution in [0.2, 0.25) is 0 Å². The van der Waals surface area contributed by atoms with Gasteiger partial charge in [-0.15, -0.1) is 0 Å². The first-order chi connectivity index (χ1) is 16.6. The molecule has 2 aromatic carbocycles. The third-order valence-electron chi connectivity index (χ3n) is 5.66. The van der Waals surface area contributed by atoms with E-state index in [9.17, 15) is 18.0 Å². The van der Waals surface area contributed by atoms with E-state index in [1.54, 1.807) is 55.5 Å². The van der Waals surface area contributed by atoms with Crippen molar-refractivity contribution in [2.75, 3.05) is 38.4 Å². The van der Waals surface area contributed by atoms with Gasteiger partial charge >= 0.3 is 0 Å². The van der Waals surface area contributed by atoms with Crippen molar-refractivity contribution in [3.05, 3.63) is 54.1 Å². The Morgan fingerprint density at radius 2 is 1.51 bits per heavy atom. The van der Waals surface area contributed by atoms with E-state index in [0.717, 1.165) is 11.8 Å². The van der Waals surface area contributed by atoms with Gasteiger partial charge < -0.3 is 19.7 Å². The molecule has 2 aromatic rings. The van der Waals surface area contributed by atoms with E-state index in [1.165, 1.54) is 11.4 Å². The average molecular weight is 506 g/mol. The molecule has 9 nitrogen and oxygen atoms in total. The van der Waals surface area contributed by atoms with Crippen LogP contribution in [0.5, 0.6) is 11.5 Å². The summed E-state index contributed by atoms with van der Waals surface area (Å²) < 4.78 is 36.4. The highest BCUT2D eigenvalue weighted by atomic mass is 32.2. The second-order valence-corrected chi connectivity index (χ2v) is 9.95. The number of hydrogen-bond acceptors (Lipinski definition) is 6. The zero-order valence-electron chi connectivity index (χ0n) is 21.0. The van der Waals surface area contributed by atoms with Crippen LogP contribution in [0.1, 0.15) is 31.7 Å². The first kappa shape index (κ1) is 28.0. The minimum Gasteiger partial charge on any atom is -0.497 e. The van der Waals surface area contributed by atoms with E-state index >= 15 is 0 Å². The van der Waals surface area contributed by atoms with Crippen LogP contribution in [0.4, 0.5) is 5.69 Å². The van der Waals surface area contributed by atoms with Gasteiger partial charge in [-0.3, -0.25) is 13.9 Å². The van der Waals surface area contributed by atoms with Crippen LogP contribution in [0.25, 0.3) is 0 Å². The standard InChI is InChI=1S/C25H35N3O6S/c1-6-23(25(30)26-2)27(18-19-9-13-21(33-3)14-10-19)24(29)8-7-17-28(35(5,31)32)20-11-15-22(34-4)16-12-20/h9-16,23H,6-8,17-18H2,1-5H3,(H,26,30). The molecule has 0 saturated carbocycles. The molecule has 1 unspecified atom stereocenters. The molecule has 0 radical (unpaired) electrons. The van der Waals surface area contributed by atoms with E-state index in [2.05, 4.69) is 5.32 Å². The maximum Gasteiger partial charge on any atom is 0.242 e. The normalized spacial score (nSPS) is 11.9. The summed E-state index contributed by atoms with van der Waals surface area (Å²) in [6.07, 6.45) is 1.96. The SMILES string of the molecule is CCC(C(=O)NC)N(Cc1ccc(OC)cc1)C(=O)CCCN(c1ccc(OC)cc1)S(C)(=O)=O. The highest BCUT2D eigenvalue weighted by Gasteiger charge is 2.28. The summed E-state index contributed by atoms with van der Waals surface area (Å²) >= 11 is 0. The number of anilines is 1. The summed E-state index contributed by atoms with van der Waals surface area (Å²) in [5, 5.41) is 2.63. The zero-order valence-corrected chi connectivity index (χ0v) is 21.8. The predicted molar refractivity (Wildman–Crippen MR) is 136 cm³/mol. The molecule has 0 aliphatic rings. The summed E-state index contributed by atoms with van der Waals surface area (Å²) in [5.74, 6) is 0.848. The fourth-order valence-electron chi connectivity index (χ4n) is 3.77. The molecule has 0 spiro atoms. The molecule has 35 heavy (non-hydrogen) atoms. The minimum atomic E-state index is -3.56. The Labute approximate surface area is 208 Å². The monoisotopic (exact) mass is 505 g/mol. The van der Waals surface area contributed by atoms with Crippen LogP contribution in [-0.4, -0.2) is 65.2 Å². The summed E-state index contributed by atoms with van der Waals surface area (Å²) in [6.45, 7) is 2.23. The van der Waals surface area contributed by atoms with Crippen LogP contribution >= 0.6 is 0 Å². The molecule has 0 aliphatic heterocycles. The smallest absolute Gasteiger partial charge is 0.242 e. The van der Waals surface area contributed by atoms with Gasteiger partial charge in [-0.05, 0) is 54.8 Å². The fraction of sp³-hybridized carbons (Fsp3) is 0.440. The van der Waals surface area contributed by atoms with E-state index in [1.807, 2.05) is 19.1 Å². The topological polar surface area (TPSA) is 105 Å². The van der Waals surface area contributed by atoms with Gasteiger partial charge in [0.05, 0.1) is 26.2 Å². The number of sulfonamides is 1. The molecule has 192 valence electrons. The van der Waals surface area contributed by atoms with E-state index < -0.39 is 16.1 Å². The molecule has 1 atom stereocenters. The molecule has 0 aliphatic carbocycles. The Morgan fingerprint density at radius 1 is 0.971 bits per heavy atom. The molecule has 0 saturated heterocycles. The highest BCUT2D eigenvalue weighted by Crippen LogP contribution is 2.23. The number of rotatable bonds is 13. The summed E-state index contributed by atoms with van der Waals surface area (Å²) in [7, 11) is 1.10. The number of carbonyl (C=O) groups excluding carboxylic acids is 2. The van der Waals surface area contributed by atoms with Crippen molar-refractivity contribution in [1.29, 1.82) is 0 Å². The number of nitrogens with zero attached hydrogens (tertiary/aromatic N) is 2. The lowest BCUT2D eigenvalue weighted by Crippen LogP contribution is -2.48. The number of methoxy groups -OCH3 is 2. The summed E-state index contributed by atoms with van der Waals surface area (Å²) in [4.78, 5) is 27.3. The molecule has 0 aromatic heterocycles. The summed E-state index contributed by atoms with van der Waals surface area (Å²) in [5.41, 5.74) is 1.35. The quantitative estimate of drug-likeness (QED) is 0.449. The molecule has 10 heteroatoms. The first-order valence-electron chi connectivity index (χ1n) is 11.4. The van der Waals surface area contributed by atoms with Crippen LogP contribution in [0, 0.1) is 0 Å². The van der Waals surface area contributed by atoms with Gasteiger partial charge in [-0.2, -0.15) is 0 Å². The number of benzene rings is 2. The first-order valence-corrected chi connectivity index (χ1v) is 13.2. The molecule has 1 N–H and O–H groups in total. The van der Waals surface area contributed by atoms with Crippen molar-refractivity contribution in [3.63, 3.8) is 0 Å². The minimum absolute atomic E-state index is 0.0891. The van der Waals surface area contributed by atoms with Gasteiger partial charge in [0.15, 0.2) is 0 Å². The lowest BCUT2D eigenvalue weighted by molar-refractivity contribution is -0.141. The van der Waals surface area contributed by atoms with Gasteiger partial charge in [-0.25, -0.2) is 8.42 Å². The van der Waals surface area contributed by atoms with Crippen molar-refractivity contribution in [2.45, 2.75) is 38.8 Å². The number of carbonyl (C=O) groups is 2. The molecule has 0 bridgehead atoms. The summed E-state index contributed by atoms with van der Waals surface area (Å²) in [6, 6.07) is 13.4. The second kappa shape index (κ2) is 13.0. The number of amides is 2. The van der Waals surface area contributed by atoms with Gasteiger partial charge in [-0.1, -0.05) is 19.1 Å². The van der Waals surface area contributed by atoms with E-state index in [0.29, 0.717) is 30.0 Å². The Kier molecular flexibility index (Phi) is 10.4. The van der Waals surface area contributed by atoms with E-state index in [4.69, 9.17) is 9.47 Å². The van der Waals surface area contributed by atoms with Crippen molar-refractivity contribution >= 4 is 27.5 Å². The number of likely N-dealkylation sites (N-methyl/N-ethyl adjacent to an activating group) is 1. The number of nitrogens with one attached hydrogen (secondary N) is 1. The maximum absolute atomic E-state index is 13.3. The maximum atomic E-state index is 13.3. The second-order valence-electron chi connectivity index (χ2n) is 8.04. The lowest BCUT2D eigenvalue weighted by Gasteiger charge is -2.31. The van der Waals surface area contributed by atoms with Gasteiger partial charge in [0, 0.05) is 26.6 Å². The van der Waals surface area contributed by atoms with Crippen LogP contribution in [-0.2, 0) is 26.2 Å². The molecular formula is C25H35N3O6S. The van der Waals surface area contributed by atoms with Crippen molar-refractivity contribution in [3.8, 4) is 11.5 Å². The molecule has 2 rings (SSSR count). The number of ether oxygens (including phenoxy) is 2. The Balaban J connectivity index is 2.17. The van der Waals surface area contributed by atoms with Crippen LogP contribution in [0.3, 0.4) is 0 Å². The van der Waals surface area contributed by atoms with Crippen LogP contribution in [0.15, 0.2) is 48.5 Å². The molecule has 0 heterocycles. The van der Waals surface area contributed by atoms with Crippen molar-refractivity contribution in [1.82, 2.24) is 10.2 Å². The van der Waals surface area contributed by atoms with Crippen molar-refractivity contribution < 1.29 is 27.5 Å². The Morgan fingerprint density at radius 3 is 1.97 bits per heavy atom. The average Bonchev–Trinajstić information content (AvgIpc) is 2.85. The van der Waals surface area contributed by atoms with Gasteiger partial charge in [0.25, 0.3) is 0 Å². The highest BCUT2D eigenvalue weighted by molar-refractivity contribution is 7.92. The predicted octanol–water partition coefficient (Wildman–Crippen LogP) is 2.80. The largest absolute Gasteiger partial charge is 0.497 e. The molecule has 2 amide bonds. The number of hydrogen-bond donors (Lipinski definition) is 1. The molecule has 0 fully saturated rings. The Bertz CT molecular complexity index is 1070. The third kappa shape index (κ3) is 7.88. The lowest BCUT2D eigenvalue weighted by atomic mass is 10.1. The zero-order chi connectivity index (χ0) is 26.0. The van der Waals surface area contributed by atoms with Crippen LogP contribution < -0.4 is 19.1 Å². The Hall–Kier alpha value is -3.27. The fourth-order valence-corrected chi connectivity index (χ4v) is 4.73. The van der Waals surface area contributed by atoms with Crippen molar-refractivity contribution in [2.24, 2.45) is 0 Å². The van der Waals surface area contributed by atoms with Gasteiger partial charge in [0.1, 0.15) is 17.5 Å². The van der Waals surface area contributed by atoms with Gasteiger partial charge in [0.2, 0.25) is 21.8 Å². The third-order valence-corrected chi connectivity index (χ3v) is 6.85. The molecular weight excluding hydrogens is 470 g/mol. The van der Waals surface area contributed by atoms with E-state index in [-0.39, 0.29) is 31.3 Å².